The second kappa shape index (κ2) is 10.9. The number of alkyl carbamates (subject to hydrolysis) is 1. The lowest BCUT2D eigenvalue weighted by atomic mass is 10.1. The highest BCUT2D eigenvalue weighted by molar-refractivity contribution is 5.78. The number of hydrogen-bond acceptors (Lipinski definition) is 5. The molecule has 0 saturated carbocycles. The van der Waals surface area contributed by atoms with Crippen molar-refractivity contribution < 1.29 is 35.9 Å². The van der Waals surface area contributed by atoms with E-state index < -0.39 is 46.7 Å². The van der Waals surface area contributed by atoms with E-state index in [1.54, 1.807) is 39.0 Å². The number of amides is 1. The second-order valence-electron chi connectivity index (χ2n) is 9.38. The van der Waals surface area contributed by atoms with Gasteiger partial charge in [0.2, 0.25) is 0 Å². The zero-order chi connectivity index (χ0) is 27.4. The first-order valence-corrected chi connectivity index (χ1v) is 11.6. The highest BCUT2D eigenvalue weighted by Gasteiger charge is 2.47. The molecule has 0 aliphatic heterocycles. The average Bonchev–Trinajstić information content (AvgIpc) is 3.17. The molecule has 202 valence electrons. The second-order valence-corrected chi connectivity index (χ2v) is 9.38. The number of rotatable bonds is 8. The standard InChI is InChI=1S/C24H27F6N5O2/c1-22(2,3)37-21(36)31-12-8-4-5-9-13-35-20(24(28,29)30)18(19(34-35)23(25,26)27)17-14-32-15-10-6-7-11-16(15)33-17/h6-7,10-11,14H,4-5,8-9,12-13H2,1-3H3,(H,31,36). The molecule has 0 radical (unpaired) electrons. The van der Waals surface area contributed by atoms with E-state index in [9.17, 15) is 31.1 Å². The minimum atomic E-state index is -5.14. The van der Waals surface area contributed by atoms with Crippen LogP contribution in [0.25, 0.3) is 22.3 Å². The minimum absolute atomic E-state index is 0.150. The van der Waals surface area contributed by atoms with Gasteiger partial charge in [-0.05, 0) is 45.7 Å². The monoisotopic (exact) mass is 531 g/mol. The smallest absolute Gasteiger partial charge is 0.435 e. The number of hydrogen-bond donors (Lipinski definition) is 1. The number of alkyl halides is 6. The van der Waals surface area contributed by atoms with Crippen LogP contribution in [0.5, 0.6) is 0 Å². The Labute approximate surface area is 209 Å². The number of unbranched alkanes of at least 4 members (excludes halogenated alkanes) is 3. The van der Waals surface area contributed by atoms with Crippen LogP contribution in [-0.4, -0.2) is 38.0 Å². The van der Waals surface area contributed by atoms with E-state index >= 15 is 0 Å². The third-order valence-corrected chi connectivity index (χ3v) is 5.16. The molecule has 0 aliphatic carbocycles. The summed E-state index contributed by atoms with van der Waals surface area (Å²) in [5.41, 5.74) is -5.02. The van der Waals surface area contributed by atoms with Gasteiger partial charge in [-0.25, -0.2) is 9.78 Å². The molecule has 0 fully saturated rings. The summed E-state index contributed by atoms with van der Waals surface area (Å²) in [6.07, 6.45) is -8.31. The number of fused-ring (bicyclic) bond motifs is 1. The Morgan fingerprint density at radius 1 is 0.946 bits per heavy atom. The maximum absolute atomic E-state index is 14.1. The van der Waals surface area contributed by atoms with Gasteiger partial charge in [-0.2, -0.15) is 31.4 Å². The van der Waals surface area contributed by atoms with Crippen molar-refractivity contribution in [2.24, 2.45) is 0 Å². The molecule has 0 unspecified atom stereocenters. The molecular weight excluding hydrogens is 504 g/mol. The highest BCUT2D eigenvalue weighted by atomic mass is 19.4. The van der Waals surface area contributed by atoms with Crippen LogP contribution in [-0.2, 0) is 23.6 Å². The molecule has 0 bridgehead atoms. The molecule has 0 atom stereocenters. The van der Waals surface area contributed by atoms with Crippen molar-refractivity contribution in [1.82, 2.24) is 25.1 Å². The molecule has 2 heterocycles. The number of carbonyl (C=O) groups excluding carboxylic acids is 1. The SMILES string of the molecule is CC(C)(C)OC(=O)NCCCCCCn1nc(C(F)(F)F)c(-c2cnc3ccccc3n2)c1C(F)(F)F. The first-order chi connectivity index (χ1) is 17.2. The van der Waals surface area contributed by atoms with Gasteiger partial charge in [0, 0.05) is 13.1 Å². The summed E-state index contributed by atoms with van der Waals surface area (Å²) in [4.78, 5) is 19.6. The van der Waals surface area contributed by atoms with E-state index in [4.69, 9.17) is 4.74 Å². The van der Waals surface area contributed by atoms with Gasteiger partial charge in [0.05, 0.1) is 28.5 Å². The molecule has 37 heavy (non-hydrogen) atoms. The maximum Gasteiger partial charge on any atom is 0.435 e. The minimum Gasteiger partial charge on any atom is -0.444 e. The van der Waals surface area contributed by atoms with Crippen LogP contribution in [0.3, 0.4) is 0 Å². The van der Waals surface area contributed by atoms with Crippen LogP contribution in [0.1, 0.15) is 57.8 Å². The molecule has 1 N–H and O–H groups in total. The highest BCUT2D eigenvalue weighted by Crippen LogP contribution is 2.44. The van der Waals surface area contributed by atoms with Gasteiger partial charge in [0.1, 0.15) is 5.60 Å². The fourth-order valence-corrected chi connectivity index (χ4v) is 3.68. The summed E-state index contributed by atoms with van der Waals surface area (Å²) in [6, 6.07) is 6.19. The van der Waals surface area contributed by atoms with Crippen molar-refractivity contribution in [2.45, 2.75) is 71.0 Å². The van der Waals surface area contributed by atoms with Crippen molar-refractivity contribution in [1.29, 1.82) is 0 Å². The zero-order valence-corrected chi connectivity index (χ0v) is 20.5. The molecule has 0 aliphatic rings. The Hall–Kier alpha value is -3.38. The topological polar surface area (TPSA) is 81.9 Å². The summed E-state index contributed by atoms with van der Waals surface area (Å²) in [5.74, 6) is 0. The van der Waals surface area contributed by atoms with Gasteiger partial charge >= 0.3 is 18.4 Å². The Morgan fingerprint density at radius 2 is 1.59 bits per heavy atom. The van der Waals surface area contributed by atoms with Gasteiger partial charge in [-0.3, -0.25) is 9.67 Å². The lowest BCUT2D eigenvalue weighted by molar-refractivity contribution is -0.143. The molecule has 0 spiro atoms. The summed E-state index contributed by atoms with van der Waals surface area (Å²) in [6.45, 7) is 5.09. The first-order valence-electron chi connectivity index (χ1n) is 11.6. The third kappa shape index (κ3) is 7.56. The number of aryl methyl sites for hydroxylation is 1. The molecule has 13 heteroatoms. The molecule has 2 aromatic heterocycles. The first kappa shape index (κ1) is 28.2. The van der Waals surface area contributed by atoms with E-state index in [-0.39, 0.29) is 18.5 Å². The van der Waals surface area contributed by atoms with Crippen molar-refractivity contribution >= 4 is 17.1 Å². The van der Waals surface area contributed by atoms with Gasteiger partial charge in [-0.15, -0.1) is 0 Å². The van der Waals surface area contributed by atoms with E-state index in [0.29, 0.717) is 36.0 Å². The molecular formula is C24H27F6N5O2. The number of halogens is 6. The lowest BCUT2D eigenvalue weighted by Crippen LogP contribution is -2.32. The average molecular weight is 532 g/mol. The van der Waals surface area contributed by atoms with E-state index in [1.165, 1.54) is 6.07 Å². The van der Waals surface area contributed by atoms with Gasteiger partial charge in [0.15, 0.2) is 11.4 Å². The fourth-order valence-electron chi connectivity index (χ4n) is 3.68. The third-order valence-electron chi connectivity index (χ3n) is 5.16. The summed E-state index contributed by atoms with van der Waals surface area (Å²) in [5, 5.41) is 5.90. The number of para-hydroxylation sites is 2. The largest absolute Gasteiger partial charge is 0.444 e. The van der Waals surface area contributed by atoms with E-state index in [0.717, 1.165) is 6.20 Å². The summed E-state index contributed by atoms with van der Waals surface area (Å²) >= 11 is 0. The molecule has 3 rings (SSSR count). The van der Waals surface area contributed by atoms with Crippen molar-refractivity contribution in [3.63, 3.8) is 0 Å². The van der Waals surface area contributed by atoms with Crippen LogP contribution < -0.4 is 5.32 Å². The van der Waals surface area contributed by atoms with Gasteiger partial charge in [-0.1, -0.05) is 25.0 Å². The predicted octanol–water partition coefficient (Wildman–Crippen LogP) is 6.62. The van der Waals surface area contributed by atoms with E-state index in [2.05, 4.69) is 20.4 Å². The molecule has 1 aromatic carbocycles. The predicted molar refractivity (Wildman–Crippen MR) is 123 cm³/mol. The van der Waals surface area contributed by atoms with Crippen molar-refractivity contribution in [3.05, 3.63) is 41.9 Å². The normalized spacial score (nSPS) is 12.7. The molecule has 3 aromatic rings. The number of benzene rings is 1. The number of nitrogens with zero attached hydrogens (tertiary/aromatic N) is 4. The summed E-state index contributed by atoms with van der Waals surface area (Å²) in [7, 11) is 0. The van der Waals surface area contributed by atoms with Crippen LogP contribution in [0.15, 0.2) is 30.5 Å². The lowest BCUT2D eigenvalue weighted by Gasteiger charge is -2.19. The Balaban J connectivity index is 1.76. The zero-order valence-electron chi connectivity index (χ0n) is 20.5. The van der Waals surface area contributed by atoms with Crippen molar-refractivity contribution in [3.8, 4) is 11.3 Å². The van der Waals surface area contributed by atoms with Gasteiger partial charge < -0.3 is 10.1 Å². The van der Waals surface area contributed by atoms with E-state index in [1.807, 2.05) is 0 Å². The molecule has 0 saturated heterocycles. The summed E-state index contributed by atoms with van der Waals surface area (Å²) < 4.78 is 89.0. The Kier molecular flexibility index (Phi) is 8.33. The van der Waals surface area contributed by atoms with Crippen LogP contribution in [0, 0.1) is 0 Å². The quantitative estimate of drug-likeness (QED) is 0.261. The number of carbonyl (C=O) groups is 1. The number of aromatic nitrogens is 4. The fraction of sp³-hybridized carbons (Fsp3) is 0.500. The number of nitrogens with one attached hydrogen (secondary N) is 1. The van der Waals surface area contributed by atoms with Crippen molar-refractivity contribution in [2.75, 3.05) is 6.54 Å². The van der Waals surface area contributed by atoms with Crippen LogP contribution in [0.2, 0.25) is 0 Å². The Morgan fingerprint density at radius 3 is 2.22 bits per heavy atom. The maximum atomic E-state index is 14.1. The van der Waals surface area contributed by atoms with Crippen LogP contribution in [0.4, 0.5) is 31.1 Å². The van der Waals surface area contributed by atoms with Crippen LogP contribution >= 0.6 is 0 Å². The Bertz CT molecular complexity index is 1230. The number of ether oxygens (including phenoxy) is 1. The van der Waals surface area contributed by atoms with Gasteiger partial charge in [0.25, 0.3) is 0 Å². The molecule has 7 nitrogen and oxygen atoms in total. The molecule has 1 amide bonds.